The van der Waals surface area contributed by atoms with Gasteiger partial charge in [-0.05, 0) is 48.5 Å². The van der Waals surface area contributed by atoms with E-state index in [-0.39, 0.29) is 12.5 Å². The summed E-state index contributed by atoms with van der Waals surface area (Å²) in [5.41, 5.74) is 2.83. The number of pyridine rings is 1. The van der Waals surface area contributed by atoms with E-state index < -0.39 is 0 Å². The minimum absolute atomic E-state index is 0.0230. The van der Waals surface area contributed by atoms with Crippen molar-refractivity contribution in [2.45, 2.75) is 9.79 Å². The largest absolute Gasteiger partial charge is 0.383 e. The van der Waals surface area contributed by atoms with Crippen LogP contribution in [0.15, 0.2) is 94.9 Å². The third kappa shape index (κ3) is 6.18. The molecule has 33 heavy (non-hydrogen) atoms. The van der Waals surface area contributed by atoms with Crippen LogP contribution < -0.4 is 15.5 Å². The Morgan fingerprint density at radius 1 is 1.00 bits per heavy atom. The fourth-order valence-electron chi connectivity index (χ4n) is 3.51. The van der Waals surface area contributed by atoms with Crippen LogP contribution >= 0.6 is 23.4 Å². The van der Waals surface area contributed by atoms with Crippen LogP contribution in [0.4, 0.5) is 11.4 Å². The number of aromatic nitrogens is 1. The van der Waals surface area contributed by atoms with Crippen LogP contribution in [0, 0.1) is 0 Å². The van der Waals surface area contributed by atoms with E-state index in [9.17, 15) is 4.79 Å². The number of nitrogens with one attached hydrogen (secondary N) is 2. The van der Waals surface area contributed by atoms with Crippen molar-refractivity contribution in [1.29, 1.82) is 0 Å². The maximum Gasteiger partial charge on any atom is 0.239 e. The van der Waals surface area contributed by atoms with Gasteiger partial charge in [0.2, 0.25) is 5.91 Å². The van der Waals surface area contributed by atoms with Crippen LogP contribution in [0.3, 0.4) is 0 Å². The molecule has 0 spiro atoms. The van der Waals surface area contributed by atoms with E-state index >= 15 is 0 Å². The van der Waals surface area contributed by atoms with Crippen molar-refractivity contribution in [2.24, 2.45) is 0 Å². The van der Waals surface area contributed by atoms with E-state index in [1.54, 1.807) is 18.0 Å². The molecule has 3 aromatic carbocycles. The number of amides is 1. The van der Waals surface area contributed by atoms with Gasteiger partial charge < -0.3 is 15.5 Å². The topological polar surface area (TPSA) is 57.3 Å². The molecule has 0 aliphatic heterocycles. The van der Waals surface area contributed by atoms with Gasteiger partial charge in [-0.3, -0.25) is 9.78 Å². The SMILES string of the molecule is CN(CC(=O)NCCNc1ccnc2cc(Cl)ccc12)c1ccccc1Sc1ccccc1. The highest BCUT2D eigenvalue weighted by Gasteiger charge is 2.12. The Labute approximate surface area is 203 Å². The Bertz CT molecular complexity index is 1240. The van der Waals surface area contributed by atoms with Gasteiger partial charge in [-0.2, -0.15) is 0 Å². The van der Waals surface area contributed by atoms with Crippen LogP contribution in [0.2, 0.25) is 5.02 Å². The van der Waals surface area contributed by atoms with E-state index in [4.69, 9.17) is 11.6 Å². The number of fused-ring (bicyclic) bond motifs is 1. The molecular formula is C26H25ClN4OS. The highest BCUT2D eigenvalue weighted by molar-refractivity contribution is 7.99. The van der Waals surface area contributed by atoms with Gasteiger partial charge in [0, 0.05) is 52.2 Å². The molecule has 4 aromatic rings. The van der Waals surface area contributed by atoms with Crippen molar-refractivity contribution in [3.8, 4) is 0 Å². The van der Waals surface area contributed by atoms with Gasteiger partial charge in [-0.25, -0.2) is 0 Å². The van der Waals surface area contributed by atoms with Crippen molar-refractivity contribution in [1.82, 2.24) is 10.3 Å². The Morgan fingerprint density at radius 3 is 2.64 bits per heavy atom. The summed E-state index contributed by atoms with van der Waals surface area (Å²) in [5.74, 6) is -0.0230. The number of nitrogens with zero attached hydrogens (tertiary/aromatic N) is 2. The normalized spacial score (nSPS) is 10.7. The third-order valence-electron chi connectivity index (χ3n) is 5.10. The first-order valence-electron chi connectivity index (χ1n) is 10.7. The Kier molecular flexibility index (Phi) is 7.70. The Hall–Kier alpha value is -3.22. The summed E-state index contributed by atoms with van der Waals surface area (Å²) in [6, 6.07) is 25.9. The predicted octanol–water partition coefficient (Wildman–Crippen LogP) is 5.70. The minimum atomic E-state index is -0.0230. The zero-order chi connectivity index (χ0) is 23.0. The third-order valence-corrected chi connectivity index (χ3v) is 6.40. The zero-order valence-corrected chi connectivity index (χ0v) is 19.9. The number of para-hydroxylation sites is 1. The summed E-state index contributed by atoms with van der Waals surface area (Å²) in [4.78, 5) is 21.2. The fraction of sp³-hybridized carbons (Fsp3) is 0.154. The van der Waals surface area contributed by atoms with Gasteiger partial charge in [-0.15, -0.1) is 0 Å². The molecule has 1 aromatic heterocycles. The van der Waals surface area contributed by atoms with E-state index in [1.165, 1.54) is 4.90 Å². The Morgan fingerprint density at radius 2 is 1.79 bits per heavy atom. The van der Waals surface area contributed by atoms with Gasteiger partial charge in [0.25, 0.3) is 0 Å². The molecular weight excluding hydrogens is 452 g/mol. The second-order valence-electron chi connectivity index (χ2n) is 7.54. The maximum atomic E-state index is 12.5. The molecule has 168 valence electrons. The van der Waals surface area contributed by atoms with Crippen LogP contribution in [-0.2, 0) is 4.79 Å². The smallest absolute Gasteiger partial charge is 0.239 e. The first kappa shape index (κ1) is 23.0. The molecule has 0 saturated heterocycles. The summed E-state index contributed by atoms with van der Waals surface area (Å²) in [6.45, 7) is 1.41. The van der Waals surface area contributed by atoms with E-state index in [1.807, 2.05) is 72.6 Å². The molecule has 5 nitrogen and oxygen atoms in total. The number of hydrogen-bond donors (Lipinski definition) is 2. The van der Waals surface area contributed by atoms with Gasteiger partial charge in [-0.1, -0.05) is 53.7 Å². The quantitative estimate of drug-likeness (QED) is 0.303. The monoisotopic (exact) mass is 476 g/mol. The molecule has 0 saturated carbocycles. The fourth-order valence-corrected chi connectivity index (χ4v) is 4.69. The van der Waals surface area contributed by atoms with Gasteiger partial charge in [0.1, 0.15) is 0 Å². The average Bonchev–Trinajstić information content (AvgIpc) is 2.82. The summed E-state index contributed by atoms with van der Waals surface area (Å²) in [5, 5.41) is 8.02. The second kappa shape index (κ2) is 11.1. The molecule has 0 atom stereocenters. The molecule has 0 aliphatic rings. The molecule has 0 radical (unpaired) electrons. The van der Waals surface area contributed by atoms with Gasteiger partial charge >= 0.3 is 0 Å². The molecule has 2 N–H and O–H groups in total. The number of benzene rings is 3. The minimum Gasteiger partial charge on any atom is -0.383 e. The number of carbonyl (C=O) groups is 1. The molecule has 0 bridgehead atoms. The van der Waals surface area contributed by atoms with E-state index in [0.29, 0.717) is 18.1 Å². The van der Waals surface area contributed by atoms with Crippen molar-refractivity contribution < 1.29 is 4.79 Å². The number of rotatable bonds is 9. The summed E-state index contributed by atoms with van der Waals surface area (Å²) < 4.78 is 0. The highest BCUT2D eigenvalue weighted by Crippen LogP contribution is 2.34. The molecule has 0 unspecified atom stereocenters. The van der Waals surface area contributed by atoms with Crippen molar-refractivity contribution >= 4 is 51.5 Å². The second-order valence-corrected chi connectivity index (χ2v) is 9.09. The van der Waals surface area contributed by atoms with Crippen molar-refractivity contribution in [2.75, 3.05) is 36.9 Å². The lowest BCUT2D eigenvalue weighted by molar-refractivity contribution is -0.119. The number of halogens is 1. The van der Waals surface area contributed by atoms with E-state index in [2.05, 4.69) is 33.8 Å². The number of anilines is 2. The summed E-state index contributed by atoms with van der Waals surface area (Å²) in [6.07, 6.45) is 1.75. The first-order chi connectivity index (χ1) is 16.1. The summed E-state index contributed by atoms with van der Waals surface area (Å²) in [7, 11) is 1.94. The lowest BCUT2D eigenvalue weighted by atomic mass is 10.2. The zero-order valence-electron chi connectivity index (χ0n) is 18.3. The highest BCUT2D eigenvalue weighted by atomic mass is 35.5. The number of carbonyl (C=O) groups excluding carboxylic acids is 1. The number of hydrogen-bond acceptors (Lipinski definition) is 5. The van der Waals surface area contributed by atoms with Gasteiger partial charge in [0.15, 0.2) is 0 Å². The van der Waals surface area contributed by atoms with E-state index in [0.717, 1.165) is 27.2 Å². The Balaban J connectivity index is 1.29. The van der Waals surface area contributed by atoms with Crippen LogP contribution in [-0.4, -0.2) is 37.6 Å². The lowest BCUT2D eigenvalue weighted by Gasteiger charge is -2.22. The van der Waals surface area contributed by atoms with Gasteiger partial charge in [0.05, 0.1) is 17.7 Å². The molecule has 1 amide bonds. The van der Waals surface area contributed by atoms with Crippen LogP contribution in [0.5, 0.6) is 0 Å². The standard InChI is InChI=1S/C26H25ClN4OS/c1-31(24-9-5-6-10-25(24)33-20-7-3-2-4-8-20)18-26(32)30-16-15-29-22-13-14-28-23-17-19(27)11-12-21(22)23/h2-14,17H,15-16,18H2,1H3,(H,28,29)(H,30,32). The maximum absolute atomic E-state index is 12.5. The molecule has 0 aliphatic carbocycles. The average molecular weight is 477 g/mol. The number of likely N-dealkylation sites (N-methyl/N-ethyl adjacent to an activating group) is 1. The molecule has 1 heterocycles. The van der Waals surface area contributed by atoms with Crippen molar-refractivity contribution in [3.63, 3.8) is 0 Å². The first-order valence-corrected chi connectivity index (χ1v) is 11.9. The molecule has 4 rings (SSSR count). The van der Waals surface area contributed by atoms with Crippen LogP contribution in [0.1, 0.15) is 0 Å². The lowest BCUT2D eigenvalue weighted by Crippen LogP contribution is -2.37. The van der Waals surface area contributed by atoms with Crippen molar-refractivity contribution in [3.05, 3.63) is 90.1 Å². The molecule has 0 fully saturated rings. The molecule has 7 heteroatoms. The predicted molar refractivity (Wildman–Crippen MR) is 139 cm³/mol. The summed E-state index contributed by atoms with van der Waals surface area (Å²) >= 11 is 7.75. The van der Waals surface area contributed by atoms with Crippen LogP contribution in [0.25, 0.3) is 10.9 Å².